The van der Waals surface area contributed by atoms with E-state index in [0.29, 0.717) is 6.54 Å². The van der Waals surface area contributed by atoms with Crippen LogP contribution in [0.2, 0.25) is 0 Å². The summed E-state index contributed by atoms with van der Waals surface area (Å²) in [7, 11) is 0. The molecule has 0 radical (unpaired) electrons. The molecule has 0 aromatic carbocycles. The third kappa shape index (κ3) is 4.61. The van der Waals surface area contributed by atoms with Gasteiger partial charge in [-0.3, -0.25) is 14.9 Å². The van der Waals surface area contributed by atoms with Gasteiger partial charge in [0.05, 0.1) is 6.54 Å². The summed E-state index contributed by atoms with van der Waals surface area (Å²) in [5, 5.41) is 8.43. The standard InChI is InChI=1S/C11H21N3O2/c1-2-3-4-5-6-12-11(16)9-7-14-10(15)8-13-9/h9,13H,2-8H2,1H3,(H,12,16)(H,14,15). The van der Waals surface area contributed by atoms with Crippen molar-refractivity contribution in [2.24, 2.45) is 0 Å². The highest BCUT2D eigenvalue weighted by Crippen LogP contribution is 1.97. The summed E-state index contributed by atoms with van der Waals surface area (Å²) >= 11 is 0. The predicted octanol–water partition coefficient (Wildman–Crippen LogP) is -0.229. The van der Waals surface area contributed by atoms with Crippen LogP contribution in [0, 0.1) is 0 Å². The normalized spacial score (nSPS) is 20.3. The van der Waals surface area contributed by atoms with Gasteiger partial charge in [-0.25, -0.2) is 0 Å². The zero-order valence-electron chi connectivity index (χ0n) is 9.84. The van der Waals surface area contributed by atoms with E-state index in [1.165, 1.54) is 12.8 Å². The molecule has 5 heteroatoms. The first kappa shape index (κ1) is 13.0. The fourth-order valence-corrected chi connectivity index (χ4v) is 1.64. The Labute approximate surface area is 96.4 Å². The Kier molecular flexibility index (Phi) is 5.85. The van der Waals surface area contributed by atoms with Crippen molar-refractivity contribution >= 4 is 11.8 Å². The minimum atomic E-state index is -0.274. The predicted molar refractivity (Wildman–Crippen MR) is 62.0 cm³/mol. The minimum absolute atomic E-state index is 0.0171. The van der Waals surface area contributed by atoms with Gasteiger partial charge in [0.15, 0.2) is 0 Å². The zero-order valence-corrected chi connectivity index (χ0v) is 9.84. The van der Waals surface area contributed by atoms with Crippen molar-refractivity contribution in [3.63, 3.8) is 0 Å². The molecule has 0 aromatic heterocycles. The number of hydrogen-bond acceptors (Lipinski definition) is 3. The number of piperazine rings is 1. The second-order valence-corrected chi connectivity index (χ2v) is 4.09. The van der Waals surface area contributed by atoms with Gasteiger partial charge in [0, 0.05) is 13.1 Å². The Hall–Kier alpha value is -1.10. The Balaban J connectivity index is 2.08. The maximum Gasteiger partial charge on any atom is 0.238 e. The number of carbonyl (C=O) groups is 2. The molecule has 1 atom stereocenters. The number of unbranched alkanes of at least 4 members (excludes halogenated alkanes) is 3. The molecule has 1 heterocycles. The second-order valence-electron chi connectivity index (χ2n) is 4.09. The first-order valence-electron chi connectivity index (χ1n) is 6.02. The lowest BCUT2D eigenvalue weighted by molar-refractivity contribution is -0.126. The summed E-state index contributed by atoms with van der Waals surface area (Å²) in [6.45, 7) is 3.51. The minimum Gasteiger partial charge on any atom is -0.355 e. The van der Waals surface area contributed by atoms with Gasteiger partial charge in [-0.2, -0.15) is 0 Å². The Bertz CT molecular complexity index is 233. The molecule has 2 amide bonds. The largest absolute Gasteiger partial charge is 0.355 e. The quantitative estimate of drug-likeness (QED) is 0.549. The molecule has 1 aliphatic rings. The van der Waals surface area contributed by atoms with Crippen molar-refractivity contribution in [1.29, 1.82) is 0 Å². The molecular formula is C11H21N3O2. The van der Waals surface area contributed by atoms with E-state index in [0.717, 1.165) is 19.4 Å². The number of rotatable bonds is 6. The highest BCUT2D eigenvalue weighted by atomic mass is 16.2. The molecule has 0 aromatic rings. The van der Waals surface area contributed by atoms with E-state index in [2.05, 4.69) is 22.9 Å². The monoisotopic (exact) mass is 227 g/mol. The molecule has 1 saturated heterocycles. The van der Waals surface area contributed by atoms with E-state index in [1.807, 2.05) is 0 Å². The molecular weight excluding hydrogens is 206 g/mol. The topological polar surface area (TPSA) is 70.2 Å². The number of amides is 2. The van der Waals surface area contributed by atoms with Crippen LogP contribution in [-0.2, 0) is 9.59 Å². The fourth-order valence-electron chi connectivity index (χ4n) is 1.64. The number of carbonyl (C=O) groups excluding carboxylic acids is 2. The van der Waals surface area contributed by atoms with Gasteiger partial charge in [0.1, 0.15) is 6.04 Å². The van der Waals surface area contributed by atoms with Crippen LogP contribution in [0.25, 0.3) is 0 Å². The molecule has 5 nitrogen and oxygen atoms in total. The van der Waals surface area contributed by atoms with Crippen LogP contribution in [0.1, 0.15) is 32.6 Å². The van der Waals surface area contributed by atoms with Crippen LogP contribution in [0.4, 0.5) is 0 Å². The SMILES string of the molecule is CCCCCCNC(=O)C1CNC(=O)CN1. The van der Waals surface area contributed by atoms with Gasteiger partial charge in [-0.05, 0) is 6.42 Å². The van der Waals surface area contributed by atoms with Crippen LogP contribution in [-0.4, -0.2) is 37.5 Å². The molecule has 0 spiro atoms. The smallest absolute Gasteiger partial charge is 0.238 e. The van der Waals surface area contributed by atoms with Crippen molar-refractivity contribution in [3.8, 4) is 0 Å². The molecule has 92 valence electrons. The molecule has 0 bridgehead atoms. The molecule has 16 heavy (non-hydrogen) atoms. The van der Waals surface area contributed by atoms with Crippen molar-refractivity contribution in [3.05, 3.63) is 0 Å². The van der Waals surface area contributed by atoms with Gasteiger partial charge in [0.2, 0.25) is 11.8 Å². The third-order valence-corrected chi connectivity index (χ3v) is 2.66. The lowest BCUT2D eigenvalue weighted by Gasteiger charge is -2.23. The van der Waals surface area contributed by atoms with Crippen LogP contribution in [0.15, 0.2) is 0 Å². The van der Waals surface area contributed by atoms with E-state index < -0.39 is 0 Å². The summed E-state index contributed by atoms with van der Waals surface area (Å²) in [6, 6.07) is -0.274. The van der Waals surface area contributed by atoms with E-state index >= 15 is 0 Å². The van der Waals surface area contributed by atoms with Gasteiger partial charge >= 0.3 is 0 Å². The van der Waals surface area contributed by atoms with Gasteiger partial charge in [-0.15, -0.1) is 0 Å². The van der Waals surface area contributed by atoms with Crippen LogP contribution in [0.5, 0.6) is 0 Å². The van der Waals surface area contributed by atoms with Crippen LogP contribution >= 0.6 is 0 Å². The lowest BCUT2D eigenvalue weighted by atomic mass is 10.2. The van der Waals surface area contributed by atoms with Crippen molar-refractivity contribution in [2.75, 3.05) is 19.6 Å². The summed E-state index contributed by atoms with van der Waals surface area (Å²) < 4.78 is 0. The Morgan fingerprint density at radius 1 is 1.44 bits per heavy atom. The van der Waals surface area contributed by atoms with E-state index in [4.69, 9.17) is 0 Å². The summed E-state index contributed by atoms with van der Waals surface area (Å²) in [4.78, 5) is 22.5. The average molecular weight is 227 g/mol. The number of hydrogen-bond donors (Lipinski definition) is 3. The van der Waals surface area contributed by atoms with Crippen molar-refractivity contribution in [1.82, 2.24) is 16.0 Å². The van der Waals surface area contributed by atoms with Crippen LogP contribution in [0.3, 0.4) is 0 Å². The maximum atomic E-state index is 11.6. The first-order valence-corrected chi connectivity index (χ1v) is 6.02. The molecule has 0 aliphatic carbocycles. The molecule has 1 rings (SSSR count). The number of nitrogens with one attached hydrogen (secondary N) is 3. The molecule has 1 aliphatic heterocycles. The molecule has 1 fully saturated rings. The second kappa shape index (κ2) is 7.22. The van der Waals surface area contributed by atoms with E-state index in [1.54, 1.807) is 0 Å². The van der Waals surface area contributed by atoms with Gasteiger partial charge in [0.25, 0.3) is 0 Å². The maximum absolute atomic E-state index is 11.6. The van der Waals surface area contributed by atoms with E-state index in [9.17, 15) is 9.59 Å². The van der Waals surface area contributed by atoms with Gasteiger partial charge in [-0.1, -0.05) is 26.2 Å². The van der Waals surface area contributed by atoms with Crippen molar-refractivity contribution in [2.45, 2.75) is 38.6 Å². The molecule has 0 saturated carbocycles. The fraction of sp³-hybridized carbons (Fsp3) is 0.818. The van der Waals surface area contributed by atoms with Crippen LogP contribution < -0.4 is 16.0 Å². The average Bonchev–Trinajstić information content (AvgIpc) is 2.29. The third-order valence-electron chi connectivity index (χ3n) is 2.66. The van der Waals surface area contributed by atoms with Crippen molar-refractivity contribution < 1.29 is 9.59 Å². The summed E-state index contributed by atoms with van der Waals surface area (Å²) in [6.07, 6.45) is 4.60. The lowest BCUT2D eigenvalue weighted by Crippen LogP contribution is -2.58. The molecule has 1 unspecified atom stereocenters. The first-order chi connectivity index (χ1) is 7.74. The Morgan fingerprint density at radius 2 is 2.25 bits per heavy atom. The summed E-state index contributed by atoms with van der Waals surface area (Å²) in [5.74, 6) is -0.0662. The zero-order chi connectivity index (χ0) is 11.8. The summed E-state index contributed by atoms with van der Waals surface area (Å²) in [5.41, 5.74) is 0. The molecule has 3 N–H and O–H groups in total. The highest BCUT2D eigenvalue weighted by Gasteiger charge is 2.22. The highest BCUT2D eigenvalue weighted by molar-refractivity contribution is 5.86. The van der Waals surface area contributed by atoms with Gasteiger partial charge < -0.3 is 10.6 Å². The Morgan fingerprint density at radius 3 is 2.88 bits per heavy atom. The van der Waals surface area contributed by atoms with E-state index in [-0.39, 0.29) is 24.4 Å².